The molecule has 1 aliphatic rings. The summed E-state index contributed by atoms with van der Waals surface area (Å²) >= 11 is 0. The van der Waals surface area contributed by atoms with Crippen molar-refractivity contribution in [3.8, 4) is 5.75 Å². The van der Waals surface area contributed by atoms with Gasteiger partial charge in [0, 0.05) is 13.0 Å². The highest BCUT2D eigenvalue weighted by atomic mass is 32.2. The zero-order valence-electron chi connectivity index (χ0n) is 18.3. The molecule has 168 valence electrons. The van der Waals surface area contributed by atoms with E-state index in [2.05, 4.69) is 22.1 Å². The molecule has 2 N–H and O–H groups in total. The van der Waals surface area contributed by atoms with Crippen molar-refractivity contribution in [1.29, 1.82) is 0 Å². The zero-order valence-corrected chi connectivity index (χ0v) is 19.1. The molecule has 0 aliphatic heterocycles. The van der Waals surface area contributed by atoms with Crippen LogP contribution in [0.5, 0.6) is 5.75 Å². The van der Waals surface area contributed by atoms with Crippen molar-refractivity contribution in [3.63, 3.8) is 0 Å². The second-order valence-electron chi connectivity index (χ2n) is 8.01. The second kappa shape index (κ2) is 9.65. The van der Waals surface area contributed by atoms with E-state index in [0.29, 0.717) is 28.6 Å². The minimum Gasteiger partial charge on any atom is -0.495 e. The smallest absolute Gasteiger partial charge is 0.244 e. The number of benzene rings is 1. The third-order valence-corrected chi connectivity index (χ3v) is 6.97. The molecular weight excluding hydrogens is 418 g/mol. The fourth-order valence-corrected chi connectivity index (χ4v) is 5.18. The first-order valence-corrected chi connectivity index (χ1v) is 11.8. The first kappa shape index (κ1) is 23.0. The molecule has 0 atom stereocenters. The number of nitrogens with zero attached hydrogens (tertiary/aromatic N) is 1. The molecule has 3 rings (SSSR count). The van der Waals surface area contributed by atoms with Gasteiger partial charge in [0.25, 0.3) is 0 Å². The number of carbonyl (C=O) groups is 1. The van der Waals surface area contributed by atoms with Gasteiger partial charge in [-0.3, -0.25) is 4.79 Å². The van der Waals surface area contributed by atoms with Gasteiger partial charge >= 0.3 is 0 Å². The number of sulfonamides is 1. The van der Waals surface area contributed by atoms with E-state index >= 15 is 0 Å². The van der Waals surface area contributed by atoms with Gasteiger partial charge < -0.3 is 14.6 Å². The monoisotopic (exact) mass is 447 g/mol. The molecule has 1 amide bonds. The Kier molecular flexibility index (Phi) is 7.17. The Bertz CT molecular complexity index is 1070. The van der Waals surface area contributed by atoms with E-state index in [1.807, 2.05) is 0 Å². The van der Waals surface area contributed by atoms with Crippen LogP contribution < -0.4 is 14.8 Å². The van der Waals surface area contributed by atoms with Crippen molar-refractivity contribution in [1.82, 2.24) is 9.88 Å². The molecule has 0 radical (unpaired) electrons. The minimum absolute atomic E-state index is 0.0671. The summed E-state index contributed by atoms with van der Waals surface area (Å²) in [6.45, 7) is 5.32. The van der Waals surface area contributed by atoms with Crippen LogP contribution in [0.15, 0.2) is 27.6 Å². The molecule has 8 nitrogen and oxygen atoms in total. The van der Waals surface area contributed by atoms with Crippen LogP contribution >= 0.6 is 0 Å². The Morgan fingerprint density at radius 1 is 1.23 bits per heavy atom. The number of aromatic nitrogens is 1. The minimum atomic E-state index is -3.75. The lowest BCUT2D eigenvalue weighted by atomic mass is 9.88. The summed E-state index contributed by atoms with van der Waals surface area (Å²) in [6, 6.07) is 4.86. The molecule has 0 unspecified atom stereocenters. The normalized spacial score (nSPS) is 19.5. The summed E-state index contributed by atoms with van der Waals surface area (Å²) in [6.07, 6.45) is 7.03. The Hall–Kier alpha value is -2.65. The number of rotatable bonds is 7. The van der Waals surface area contributed by atoms with Crippen LogP contribution in [0, 0.1) is 12.8 Å². The van der Waals surface area contributed by atoms with Crippen LogP contribution in [0.25, 0.3) is 12.2 Å². The number of carbonyl (C=O) groups excluding carboxylic acids is 1. The van der Waals surface area contributed by atoms with Gasteiger partial charge in [-0.05, 0) is 62.3 Å². The maximum atomic E-state index is 13.1. The van der Waals surface area contributed by atoms with E-state index in [0.717, 1.165) is 25.7 Å². The topological polar surface area (TPSA) is 111 Å². The largest absolute Gasteiger partial charge is 0.495 e. The maximum Gasteiger partial charge on any atom is 0.244 e. The summed E-state index contributed by atoms with van der Waals surface area (Å²) < 4.78 is 39.6. The molecule has 1 saturated carbocycles. The molecule has 0 saturated heterocycles. The summed E-state index contributed by atoms with van der Waals surface area (Å²) in [5, 5.41) is 6.56. The fraction of sp³-hybridized carbons (Fsp3) is 0.455. The van der Waals surface area contributed by atoms with Crippen molar-refractivity contribution in [3.05, 3.63) is 35.2 Å². The van der Waals surface area contributed by atoms with Gasteiger partial charge in [-0.15, -0.1) is 0 Å². The van der Waals surface area contributed by atoms with Gasteiger partial charge in [-0.2, -0.15) is 0 Å². The lowest BCUT2D eigenvalue weighted by molar-refractivity contribution is -0.114. The Morgan fingerprint density at radius 2 is 1.94 bits per heavy atom. The van der Waals surface area contributed by atoms with Gasteiger partial charge in [0.15, 0.2) is 5.76 Å². The number of hydrogen-bond acceptors (Lipinski definition) is 6. The highest BCUT2D eigenvalue weighted by Gasteiger charge is 2.26. The Balaban J connectivity index is 1.85. The number of methoxy groups -OCH3 is 1. The SMILES string of the molecule is COc1ccc(C=Cc2onc(C)c2NC(C)=O)cc1S(=O)(=O)NC1CCC(C)CC1. The maximum absolute atomic E-state index is 13.1. The fourth-order valence-electron chi connectivity index (χ4n) is 3.67. The van der Waals surface area contributed by atoms with E-state index in [4.69, 9.17) is 9.26 Å². The highest BCUT2D eigenvalue weighted by Crippen LogP contribution is 2.29. The van der Waals surface area contributed by atoms with E-state index in [1.54, 1.807) is 37.3 Å². The lowest BCUT2D eigenvalue weighted by Gasteiger charge is -2.27. The summed E-state index contributed by atoms with van der Waals surface area (Å²) in [5.41, 5.74) is 1.68. The molecule has 9 heteroatoms. The Morgan fingerprint density at radius 3 is 2.58 bits per heavy atom. The number of nitrogens with one attached hydrogen (secondary N) is 2. The van der Waals surface area contributed by atoms with Crippen LogP contribution in [-0.2, 0) is 14.8 Å². The zero-order chi connectivity index (χ0) is 22.6. The van der Waals surface area contributed by atoms with E-state index < -0.39 is 10.0 Å². The van der Waals surface area contributed by atoms with E-state index in [1.165, 1.54) is 14.0 Å². The third kappa shape index (κ3) is 5.74. The summed E-state index contributed by atoms with van der Waals surface area (Å²) in [7, 11) is -2.30. The highest BCUT2D eigenvalue weighted by molar-refractivity contribution is 7.89. The molecule has 1 aliphatic carbocycles. The molecule has 1 heterocycles. The van der Waals surface area contributed by atoms with Crippen LogP contribution in [0.1, 0.15) is 56.5 Å². The van der Waals surface area contributed by atoms with Gasteiger partial charge in [0.1, 0.15) is 22.0 Å². The quantitative estimate of drug-likeness (QED) is 0.664. The molecule has 31 heavy (non-hydrogen) atoms. The molecule has 1 fully saturated rings. The third-order valence-electron chi connectivity index (χ3n) is 5.43. The predicted octanol–water partition coefficient (Wildman–Crippen LogP) is 3.98. The molecule has 1 aromatic heterocycles. The average Bonchev–Trinajstić information content (AvgIpc) is 3.06. The second-order valence-corrected chi connectivity index (χ2v) is 9.69. The standard InChI is InChI=1S/C22H29N3O5S/c1-14-5-9-18(10-6-14)25-31(27,28)21-13-17(7-11-19(21)29-4)8-12-20-22(23-16(3)26)15(2)24-30-20/h7-8,11-14,18,25H,5-6,9-10H2,1-4H3,(H,23,26). The predicted molar refractivity (Wildman–Crippen MR) is 119 cm³/mol. The molecule has 0 spiro atoms. The van der Waals surface area contributed by atoms with Crippen molar-refractivity contribution < 1.29 is 22.5 Å². The van der Waals surface area contributed by atoms with Crippen molar-refractivity contribution >= 4 is 33.8 Å². The molecule has 1 aromatic carbocycles. The van der Waals surface area contributed by atoms with Gasteiger partial charge in [0.2, 0.25) is 15.9 Å². The van der Waals surface area contributed by atoms with Gasteiger partial charge in [-0.1, -0.05) is 24.2 Å². The Labute approximate surface area is 183 Å². The molecule has 2 aromatic rings. The summed E-state index contributed by atoms with van der Waals surface area (Å²) in [4.78, 5) is 11.5. The van der Waals surface area contributed by atoms with Crippen LogP contribution in [0.2, 0.25) is 0 Å². The number of aryl methyl sites for hydroxylation is 1. The first-order chi connectivity index (χ1) is 14.7. The molecular formula is C22H29N3O5S. The van der Waals surface area contributed by atoms with Gasteiger partial charge in [0.05, 0.1) is 7.11 Å². The summed E-state index contributed by atoms with van der Waals surface area (Å²) in [5.74, 6) is 1.05. The number of amides is 1. The van der Waals surface area contributed by atoms with E-state index in [-0.39, 0.29) is 22.6 Å². The van der Waals surface area contributed by atoms with Crippen LogP contribution in [0.3, 0.4) is 0 Å². The average molecular weight is 448 g/mol. The number of hydrogen-bond donors (Lipinski definition) is 2. The number of anilines is 1. The van der Waals surface area contributed by atoms with Crippen LogP contribution in [-0.4, -0.2) is 32.6 Å². The lowest BCUT2D eigenvalue weighted by Crippen LogP contribution is -2.37. The van der Waals surface area contributed by atoms with Crippen LogP contribution in [0.4, 0.5) is 5.69 Å². The van der Waals surface area contributed by atoms with E-state index in [9.17, 15) is 13.2 Å². The van der Waals surface area contributed by atoms with Gasteiger partial charge in [-0.25, -0.2) is 13.1 Å². The van der Waals surface area contributed by atoms with Crippen molar-refractivity contribution in [2.45, 2.75) is 57.4 Å². The first-order valence-electron chi connectivity index (χ1n) is 10.3. The number of ether oxygens (including phenoxy) is 1. The van der Waals surface area contributed by atoms with Crippen molar-refractivity contribution in [2.75, 3.05) is 12.4 Å². The molecule has 0 bridgehead atoms. The van der Waals surface area contributed by atoms with Crippen molar-refractivity contribution in [2.24, 2.45) is 5.92 Å².